The van der Waals surface area contributed by atoms with E-state index in [1.165, 1.54) is 29.2 Å². The Kier molecular flexibility index (Phi) is 9.14. The minimum absolute atomic E-state index is 0.0250. The normalized spacial score (nSPS) is 19.4. The maximum atomic E-state index is 15.3. The van der Waals surface area contributed by atoms with E-state index in [-0.39, 0.29) is 66.0 Å². The van der Waals surface area contributed by atoms with Gasteiger partial charge in [0.1, 0.15) is 23.2 Å². The van der Waals surface area contributed by atoms with Gasteiger partial charge in [-0.15, -0.1) is 0 Å². The molecule has 3 aromatic carbocycles. The van der Waals surface area contributed by atoms with E-state index in [1.807, 2.05) is 4.90 Å². The SMILES string of the molecule is CN1Cc2cccc(Oc3nc(Nc4ccc(CN[C@@H]5CCN(c6ccc7c(c6)C(=O)N(C6CCC(=O)NC6=O)C7=O)C5)c(F)c4)ncc3C(F)(F)F)c2C1=O. The van der Waals surface area contributed by atoms with Gasteiger partial charge in [-0.3, -0.25) is 34.2 Å². The molecule has 0 saturated carbocycles. The Balaban J connectivity index is 0.903. The maximum Gasteiger partial charge on any atom is 0.423 e. The number of hydrogen-bond acceptors (Lipinski definition) is 11. The number of aromatic nitrogens is 2. The molecule has 0 aliphatic carbocycles. The van der Waals surface area contributed by atoms with Crippen LogP contribution < -0.4 is 25.6 Å². The van der Waals surface area contributed by atoms with Crippen molar-refractivity contribution in [1.29, 1.82) is 0 Å². The van der Waals surface area contributed by atoms with Crippen LogP contribution in [0.3, 0.4) is 0 Å². The van der Waals surface area contributed by atoms with Crippen LogP contribution in [0.2, 0.25) is 0 Å². The van der Waals surface area contributed by atoms with E-state index in [0.29, 0.717) is 42.5 Å². The Morgan fingerprint density at radius 1 is 0.964 bits per heavy atom. The van der Waals surface area contributed by atoms with Crippen molar-refractivity contribution < 1.29 is 46.3 Å². The lowest BCUT2D eigenvalue weighted by atomic mass is 10.0. The molecule has 4 aromatic rings. The van der Waals surface area contributed by atoms with Gasteiger partial charge in [0.2, 0.25) is 23.6 Å². The summed E-state index contributed by atoms with van der Waals surface area (Å²) in [5, 5.41) is 8.23. The number of nitrogens with one attached hydrogen (secondary N) is 3. The number of imide groups is 2. The highest BCUT2D eigenvalue weighted by atomic mass is 19.4. The summed E-state index contributed by atoms with van der Waals surface area (Å²) in [6, 6.07) is 12.6. The molecule has 4 aliphatic heterocycles. The first-order chi connectivity index (χ1) is 26.7. The number of carbonyl (C=O) groups is 5. The Labute approximate surface area is 315 Å². The molecular formula is C38H32F4N8O6. The largest absolute Gasteiger partial charge is 0.437 e. The summed E-state index contributed by atoms with van der Waals surface area (Å²) in [5.41, 5.74) is 1.05. The lowest BCUT2D eigenvalue weighted by Crippen LogP contribution is -2.54. The molecule has 2 atom stereocenters. The molecule has 0 radical (unpaired) electrons. The number of alkyl halides is 3. The van der Waals surface area contributed by atoms with Crippen molar-refractivity contribution in [2.75, 3.05) is 30.4 Å². The topological polar surface area (TPSA) is 166 Å². The van der Waals surface area contributed by atoms with Gasteiger partial charge in [0, 0.05) is 68.8 Å². The van der Waals surface area contributed by atoms with Crippen LogP contribution in [0.4, 0.5) is 34.9 Å². The molecule has 0 spiro atoms. The van der Waals surface area contributed by atoms with E-state index in [9.17, 15) is 37.1 Å². The third-order valence-corrected chi connectivity index (χ3v) is 10.2. The zero-order valence-corrected chi connectivity index (χ0v) is 29.6. The van der Waals surface area contributed by atoms with Crippen molar-refractivity contribution in [3.8, 4) is 11.6 Å². The van der Waals surface area contributed by atoms with E-state index in [2.05, 4.69) is 25.9 Å². The highest BCUT2D eigenvalue weighted by Crippen LogP contribution is 2.40. The van der Waals surface area contributed by atoms with Gasteiger partial charge in [0.05, 0.1) is 16.7 Å². The average Bonchev–Trinajstić information content (AvgIpc) is 3.82. The number of hydrogen-bond donors (Lipinski definition) is 3. The molecule has 288 valence electrons. The minimum atomic E-state index is -4.87. The number of halogens is 4. The highest BCUT2D eigenvalue weighted by Gasteiger charge is 2.45. The number of amides is 5. The van der Waals surface area contributed by atoms with Gasteiger partial charge in [-0.05, 0) is 54.8 Å². The fraction of sp³-hybridized carbons (Fsp3) is 0.289. The lowest BCUT2D eigenvalue weighted by molar-refractivity contribution is -0.139. The second kappa shape index (κ2) is 14.0. The van der Waals surface area contributed by atoms with E-state index >= 15 is 4.39 Å². The number of nitrogens with zero attached hydrogens (tertiary/aromatic N) is 5. The molecule has 2 saturated heterocycles. The Morgan fingerprint density at radius 2 is 1.77 bits per heavy atom. The van der Waals surface area contributed by atoms with Gasteiger partial charge >= 0.3 is 6.18 Å². The predicted molar refractivity (Wildman–Crippen MR) is 190 cm³/mol. The van der Waals surface area contributed by atoms with E-state index < -0.39 is 59.0 Å². The molecule has 0 bridgehead atoms. The number of benzene rings is 3. The summed E-state index contributed by atoms with van der Waals surface area (Å²) in [5.74, 6) is -4.51. The van der Waals surface area contributed by atoms with Crippen LogP contribution in [0, 0.1) is 5.82 Å². The Bertz CT molecular complexity index is 2340. The van der Waals surface area contributed by atoms with Crippen molar-refractivity contribution in [3.63, 3.8) is 0 Å². The maximum absolute atomic E-state index is 15.3. The van der Waals surface area contributed by atoms with Gasteiger partial charge < -0.3 is 25.2 Å². The van der Waals surface area contributed by atoms with Gasteiger partial charge in [0.25, 0.3) is 17.7 Å². The van der Waals surface area contributed by atoms with E-state index in [4.69, 9.17) is 4.74 Å². The molecule has 2 fully saturated rings. The molecule has 3 N–H and O–H groups in total. The highest BCUT2D eigenvalue weighted by molar-refractivity contribution is 6.23. The van der Waals surface area contributed by atoms with Crippen LogP contribution >= 0.6 is 0 Å². The standard InChI is InChI=1S/C38H32F4N8O6/c1-48-17-20-3-2-4-29(31(20)36(48)55)56-33-26(38(40,41)42)16-44-37(47-33)45-21-6-5-19(27(39)13-21)15-43-22-11-12-49(18-22)23-7-8-24-25(14-23)35(54)50(34(24)53)28-9-10-30(51)46-32(28)52/h2-8,13-14,16,22,28,43H,9-12,15,17-18H2,1H3,(H,44,45,47)(H,46,51,52)/t22-,28?/m1/s1. The van der Waals surface area contributed by atoms with Crippen molar-refractivity contribution in [2.45, 2.75) is 50.6 Å². The zero-order valence-electron chi connectivity index (χ0n) is 29.6. The first kappa shape index (κ1) is 36.5. The first-order valence-electron chi connectivity index (χ1n) is 17.6. The fourth-order valence-corrected chi connectivity index (χ4v) is 7.33. The summed E-state index contributed by atoms with van der Waals surface area (Å²) >= 11 is 0. The van der Waals surface area contributed by atoms with Gasteiger partial charge in [-0.2, -0.15) is 18.2 Å². The van der Waals surface area contributed by atoms with Crippen molar-refractivity contribution in [3.05, 3.63) is 100.0 Å². The first-order valence-corrected chi connectivity index (χ1v) is 17.6. The summed E-state index contributed by atoms with van der Waals surface area (Å²) in [7, 11) is 1.57. The smallest absolute Gasteiger partial charge is 0.423 e. The van der Waals surface area contributed by atoms with Crippen LogP contribution in [0.15, 0.2) is 60.8 Å². The molecule has 1 aromatic heterocycles. The number of ether oxygens (including phenoxy) is 1. The van der Waals surface area contributed by atoms with Crippen LogP contribution in [0.5, 0.6) is 11.6 Å². The third kappa shape index (κ3) is 6.76. The van der Waals surface area contributed by atoms with E-state index in [0.717, 1.165) is 4.90 Å². The number of carbonyl (C=O) groups excluding carboxylic acids is 5. The predicted octanol–water partition coefficient (Wildman–Crippen LogP) is 4.53. The average molecular weight is 773 g/mol. The second-order valence-corrected chi connectivity index (χ2v) is 13.9. The number of rotatable bonds is 9. The zero-order chi connectivity index (χ0) is 39.5. The Morgan fingerprint density at radius 3 is 2.54 bits per heavy atom. The monoisotopic (exact) mass is 772 g/mol. The van der Waals surface area contributed by atoms with Crippen LogP contribution in [0.25, 0.3) is 0 Å². The molecule has 18 heteroatoms. The summed E-state index contributed by atoms with van der Waals surface area (Å²) in [4.78, 5) is 75.0. The molecule has 56 heavy (non-hydrogen) atoms. The molecule has 8 rings (SSSR count). The molecule has 4 aliphatic rings. The molecule has 5 heterocycles. The second-order valence-electron chi connectivity index (χ2n) is 13.9. The Hall–Kier alpha value is -6.43. The molecule has 1 unspecified atom stereocenters. The van der Waals surface area contributed by atoms with Crippen LogP contribution in [-0.2, 0) is 28.9 Å². The van der Waals surface area contributed by atoms with E-state index in [1.54, 1.807) is 37.4 Å². The quantitative estimate of drug-likeness (QED) is 0.162. The minimum Gasteiger partial charge on any atom is -0.437 e. The van der Waals surface area contributed by atoms with Crippen molar-refractivity contribution >= 4 is 46.9 Å². The summed E-state index contributed by atoms with van der Waals surface area (Å²) in [6.07, 6.45) is -3.54. The number of anilines is 3. The van der Waals surface area contributed by atoms with Gasteiger partial charge in [-0.25, -0.2) is 9.37 Å². The third-order valence-electron chi connectivity index (χ3n) is 10.2. The van der Waals surface area contributed by atoms with Crippen LogP contribution in [0.1, 0.15) is 67.0 Å². The number of piperidine rings is 1. The lowest BCUT2D eigenvalue weighted by Gasteiger charge is -2.27. The molecule has 14 nitrogen and oxygen atoms in total. The van der Waals surface area contributed by atoms with Gasteiger partial charge in [-0.1, -0.05) is 18.2 Å². The molecular weight excluding hydrogens is 740 g/mol. The van der Waals surface area contributed by atoms with Gasteiger partial charge in [0.15, 0.2) is 0 Å². The summed E-state index contributed by atoms with van der Waals surface area (Å²) < 4.78 is 62.7. The van der Waals surface area contributed by atoms with Crippen molar-refractivity contribution in [1.82, 2.24) is 30.4 Å². The van der Waals surface area contributed by atoms with Crippen LogP contribution in [-0.4, -0.2) is 81.5 Å². The molecule has 5 amide bonds. The number of fused-ring (bicyclic) bond motifs is 2. The summed E-state index contributed by atoms with van der Waals surface area (Å²) in [6.45, 7) is 1.57. The van der Waals surface area contributed by atoms with Crippen molar-refractivity contribution in [2.24, 2.45) is 0 Å². The fourth-order valence-electron chi connectivity index (χ4n) is 7.33.